The van der Waals surface area contributed by atoms with Crippen LogP contribution in [0.5, 0.6) is 0 Å². The number of carbonyl (C=O) groups excluding carboxylic acids is 3. The zero-order valence-corrected chi connectivity index (χ0v) is 19.7. The van der Waals surface area contributed by atoms with Gasteiger partial charge in [0.1, 0.15) is 5.54 Å². The van der Waals surface area contributed by atoms with E-state index in [0.717, 1.165) is 50.5 Å². The van der Waals surface area contributed by atoms with Gasteiger partial charge in [-0.3, -0.25) is 14.9 Å². The van der Waals surface area contributed by atoms with Crippen LogP contribution in [0.25, 0.3) is 0 Å². The Kier molecular flexibility index (Phi) is 6.23. The summed E-state index contributed by atoms with van der Waals surface area (Å²) in [4.78, 5) is 41.6. The summed E-state index contributed by atoms with van der Waals surface area (Å²) in [6, 6.07) is 9.82. The minimum Gasteiger partial charge on any atom is -0.339 e. The Labute approximate surface area is 198 Å². The van der Waals surface area contributed by atoms with Crippen LogP contribution in [0, 0.1) is 5.92 Å². The lowest BCUT2D eigenvalue weighted by molar-refractivity contribution is -0.127. The maximum absolute atomic E-state index is 13.3. The average Bonchev–Trinajstić information content (AvgIpc) is 3.40. The topological polar surface area (TPSA) is 78.5 Å². The molecular weight excluding hydrogens is 434 g/mol. The summed E-state index contributed by atoms with van der Waals surface area (Å²) in [5.74, 6) is -0.0525. The Morgan fingerprint density at radius 3 is 2.58 bits per heavy atom. The predicted molar refractivity (Wildman–Crippen MR) is 128 cm³/mol. The lowest BCUT2D eigenvalue weighted by atomic mass is 9.74. The molecule has 3 heterocycles. The molecule has 7 heteroatoms. The second kappa shape index (κ2) is 9.29. The summed E-state index contributed by atoms with van der Waals surface area (Å²) >= 11 is 1.72. The molecule has 0 spiro atoms. The number of nitrogens with one attached hydrogen (secondary N) is 2. The molecule has 1 atom stereocenters. The van der Waals surface area contributed by atoms with Crippen molar-refractivity contribution in [3.63, 3.8) is 0 Å². The van der Waals surface area contributed by atoms with Gasteiger partial charge in [-0.1, -0.05) is 30.3 Å². The van der Waals surface area contributed by atoms with E-state index in [1.165, 1.54) is 22.4 Å². The number of benzene rings is 1. The van der Waals surface area contributed by atoms with Gasteiger partial charge in [-0.05, 0) is 74.8 Å². The van der Waals surface area contributed by atoms with Crippen molar-refractivity contribution in [1.29, 1.82) is 0 Å². The average molecular weight is 466 g/mol. The van der Waals surface area contributed by atoms with E-state index in [-0.39, 0.29) is 17.7 Å². The fraction of sp³-hybridized carbons (Fsp3) is 0.500. The highest BCUT2D eigenvalue weighted by Gasteiger charge is 2.51. The van der Waals surface area contributed by atoms with Crippen LogP contribution in [0.15, 0.2) is 35.7 Å². The third-order valence-electron chi connectivity index (χ3n) is 7.62. The van der Waals surface area contributed by atoms with Gasteiger partial charge in [0.05, 0.1) is 5.56 Å². The van der Waals surface area contributed by atoms with Gasteiger partial charge in [0.25, 0.3) is 11.8 Å². The van der Waals surface area contributed by atoms with E-state index in [1.807, 2.05) is 28.5 Å². The number of rotatable bonds is 6. The van der Waals surface area contributed by atoms with E-state index < -0.39 is 11.6 Å². The smallest absolute Gasteiger partial charge is 0.322 e. The quantitative estimate of drug-likeness (QED) is 0.631. The summed E-state index contributed by atoms with van der Waals surface area (Å²) in [7, 11) is 0. The first kappa shape index (κ1) is 22.1. The van der Waals surface area contributed by atoms with Gasteiger partial charge in [0.15, 0.2) is 0 Å². The van der Waals surface area contributed by atoms with Gasteiger partial charge < -0.3 is 10.2 Å². The van der Waals surface area contributed by atoms with Crippen molar-refractivity contribution in [1.82, 2.24) is 15.5 Å². The summed E-state index contributed by atoms with van der Waals surface area (Å²) < 4.78 is 0. The molecule has 1 aromatic heterocycles. The molecular formula is C26H31N3O3S. The molecule has 2 aliphatic heterocycles. The molecule has 2 aromatic rings. The summed E-state index contributed by atoms with van der Waals surface area (Å²) in [6.07, 6.45) is 8.20. The number of hydrogen-bond acceptors (Lipinski definition) is 4. The first-order chi connectivity index (χ1) is 16.1. The van der Waals surface area contributed by atoms with E-state index in [2.05, 4.69) is 22.8 Å². The first-order valence-corrected chi connectivity index (χ1v) is 13.0. The SMILES string of the molecule is O=C1NC(=O)[C@@](CCCc2ccccc2)(C2CCN(C(=O)c3csc4c3CCCC4)CC2)N1. The molecule has 0 saturated carbocycles. The molecule has 3 aliphatic rings. The lowest BCUT2D eigenvalue weighted by Crippen LogP contribution is -2.56. The second-order valence-corrected chi connectivity index (χ2v) is 10.5. The van der Waals surface area contributed by atoms with E-state index in [1.54, 1.807) is 11.3 Å². The zero-order valence-electron chi connectivity index (χ0n) is 18.9. The van der Waals surface area contributed by atoms with E-state index in [0.29, 0.717) is 19.5 Å². The van der Waals surface area contributed by atoms with Crippen LogP contribution in [0.3, 0.4) is 0 Å². The Morgan fingerprint density at radius 1 is 1.09 bits per heavy atom. The molecule has 1 aromatic carbocycles. The lowest BCUT2D eigenvalue weighted by Gasteiger charge is -2.40. The van der Waals surface area contributed by atoms with Crippen molar-refractivity contribution in [3.05, 3.63) is 57.3 Å². The number of piperidine rings is 1. The van der Waals surface area contributed by atoms with E-state index >= 15 is 0 Å². The third kappa shape index (κ3) is 4.31. The molecule has 4 amide bonds. The Morgan fingerprint density at radius 2 is 1.85 bits per heavy atom. The number of fused-ring (bicyclic) bond motifs is 1. The molecule has 2 N–H and O–H groups in total. The number of imide groups is 1. The predicted octanol–water partition coefficient (Wildman–Crippen LogP) is 4.08. The van der Waals surface area contributed by atoms with Crippen LogP contribution in [0.1, 0.15) is 64.9 Å². The van der Waals surface area contributed by atoms with Crippen LogP contribution in [-0.4, -0.2) is 41.4 Å². The van der Waals surface area contributed by atoms with Gasteiger partial charge in [-0.15, -0.1) is 11.3 Å². The van der Waals surface area contributed by atoms with Crippen molar-refractivity contribution in [2.75, 3.05) is 13.1 Å². The molecule has 0 radical (unpaired) electrons. The largest absolute Gasteiger partial charge is 0.339 e. The standard InChI is InChI=1S/C26H31N3O3S/c30-23(21-17-33-22-11-5-4-10-20(21)22)29-15-12-19(13-16-29)26(24(31)27-25(32)28-26)14-6-9-18-7-2-1-3-8-18/h1-3,7-8,17,19H,4-6,9-16H2,(H2,27,28,31,32)/t26-/m1/s1. The zero-order chi connectivity index (χ0) is 22.8. The Balaban J connectivity index is 1.25. The highest BCUT2D eigenvalue weighted by molar-refractivity contribution is 7.10. The summed E-state index contributed by atoms with van der Waals surface area (Å²) in [5.41, 5.74) is 2.51. The molecule has 0 bridgehead atoms. The summed E-state index contributed by atoms with van der Waals surface area (Å²) in [6.45, 7) is 1.25. The number of likely N-dealkylation sites (tertiary alicyclic amines) is 1. The van der Waals surface area contributed by atoms with Crippen LogP contribution < -0.4 is 10.6 Å². The second-order valence-electron chi connectivity index (χ2n) is 9.54. The highest BCUT2D eigenvalue weighted by atomic mass is 32.1. The van der Waals surface area contributed by atoms with Crippen LogP contribution in [-0.2, 0) is 24.1 Å². The Hall–Kier alpha value is -2.67. The fourth-order valence-corrected chi connectivity index (χ4v) is 6.93. The summed E-state index contributed by atoms with van der Waals surface area (Å²) in [5, 5.41) is 7.50. The maximum atomic E-state index is 13.3. The van der Waals surface area contributed by atoms with Crippen LogP contribution in [0.4, 0.5) is 4.79 Å². The molecule has 174 valence electrons. The molecule has 33 heavy (non-hydrogen) atoms. The molecule has 1 aliphatic carbocycles. The van der Waals surface area contributed by atoms with Gasteiger partial charge in [-0.2, -0.15) is 0 Å². The number of nitrogens with zero attached hydrogens (tertiary/aromatic N) is 1. The highest BCUT2D eigenvalue weighted by Crippen LogP contribution is 2.36. The van der Waals surface area contributed by atoms with Crippen molar-refractivity contribution < 1.29 is 14.4 Å². The minimum atomic E-state index is -0.872. The Bertz CT molecular complexity index is 1040. The van der Waals surface area contributed by atoms with Gasteiger partial charge in [0.2, 0.25) is 0 Å². The molecule has 2 fully saturated rings. The van der Waals surface area contributed by atoms with Crippen molar-refractivity contribution in [2.45, 2.75) is 63.3 Å². The van der Waals surface area contributed by atoms with Crippen LogP contribution >= 0.6 is 11.3 Å². The van der Waals surface area contributed by atoms with E-state index in [4.69, 9.17) is 0 Å². The van der Waals surface area contributed by atoms with Crippen LogP contribution in [0.2, 0.25) is 0 Å². The van der Waals surface area contributed by atoms with Gasteiger partial charge in [-0.25, -0.2) is 4.79 Å². The third-order valence-corrected chi connectivity index (χ3v) is 8.71. The number of thiophene rings is 1. The number of amides is 4. The minimum absolute atomic E-state index is 0.0279. The van der Waals surface area contributed by atoms with Gasteiger partial charge >= 0.3 is 6.03 Å². The molecule has 2 saturated heterocycles. The van der Waals surface area contributed by atoms with Gasteiger partial charge in [0, 0.05) is 23.3 Å². The number of carbonyl (C=O) groups is 3. The van der Waals surface area contributed by atoms with Crippen molar-refractivity contribution >= 4 is 29.2 Å². The fourth-order valence-electron chi connectivity index (χ4n) is 5.81. The monoisotopic (exact) mass is 465 g/mol. The number of hydrogen-bond donors (Lipinski definition) is 2. The number of aryl methyl sites for hydroxylation is 2. The van der Waals surface area contributed by atoms with Crippen molar-refractivity contribution in [2.24, 2.45) is 5.92 Å². The molecule has 6 nitrogen and oxygen atoms in total. The first-order valence-electron chi connectivity index (χ1n) is 12.1. The van der Waals surface area contributed by atoms with Crippen molar-refractivity contribution in [3.8, 4) is 0 Å². The molecule has 0 unspecified atom stereocenters. The normalized spacial score (nSPS) is 23.2. The molecule has 5 rings (SSSR count). The number of urea groups is 1. The maximum Gasteiger partial charge on any atom is 0.322 e. The van der Waals surface area contributed by atoms with E-state index in [9.17, 15) is 14.4 Å².